The molecule has 2 unspecified atom stereocenters. The highest BCUT2D eigenvalue weighted by Gasteiger charge is 2.30. The average Bonchev–Trinajstić information content (AvgIpc) is 2.68. The van der Waals surface area contributed by atoms with Crippen molar-refractivity contribution in [2.75, 3.05) is 14.1 Å². The Morgan fingerprint density at radius 1 is 1.00 bits per heavy atom. The summed E-state index contributed by atoms with van der Waals surface area (Å²) in [5, 5.41) is 16.0. The van der Waals surface area contributed by atoms with Crippen molar-refractivity contribution in [2.45, 2.75) is 45.1 Å². The van der Waals surface area contributed by atoms with Crippen LogP contribution in [-0.4, -0.2) is 42.1 Å². The Morgan fingerprint density at radius 2 is 1.50 bits per heavy atom. The van der Waals surface area contributed by atoms with Crippen LogP contribution >= 0.6 is 0 Å². The molecule has 0 fully saturated rings. The van der Waals surface area contributed by atoms with Crippen LogP contribution in [0.15, 0.2) is 53.6 Å². The summed E-state index contributed by atoms with van der Waals surface area (Å²) in [5.41, 5.74) is -0.00426. The Bertz CT molecular complexity index is 819. The minimum Gasteiger partial charge on any atom is -0.485 e. The summed E-state index contributed by atoms with van der Waals surface area (Å²) in [4.78, 5) is 0. The van der Waals surface area contributed by atoms with Crippen LogP contribution in [0.25, 0.3) is 0 Å². The predicted molar refractivity (Wildman–Crippen MR) is 110 cm³/mol. The first kappa shape index (κ1) is 23.5. The molecule has 0 amide bonds. The molecule has 0 saturated carbocycles. The van der Waals surface area contributed by atoms with Crippen LogP contribution in [0.3, 0.4) is 0 Å². The first-order chi connectivity index (χ1) is 14.1. The monoisotopic (exact) mass is 424 g/mol. The third-order valence-electron chi connectivity index (χ3n) is 4.27. The number of hydrazone groups is 1. The number of halogens is 3. The van der Waals surface area contributed by atoms with Gasteiger partial charge in [-0.1, -0.05) is 6.92 Å². The number of hydrogen-bond donors (Lipinski definition) is 1. The van der Waals surface area contributed by atoms with Gasteiger partial charge in [-0.2, -0.15) is 18.3 Å². The molecule has 0 heterocycles. The SMILES string of the molecule is CCC(O)CC(=NN(C)C)C(C)Oc1ccc(Oc2ccc(C(F)(F)F)cc2)cc1. The quantitative estimate of drug-likeness (QED) is 0.436. The first-order valence-electron chi connectivity index (χ1n) is 9.63. The Morgan fingerprint density at radius 3 is 1.97 bits per heavy atom. The van der Waals surface area contributed by atoms with E-state index in [2.05, 4.69) is 5.10 Å². The van der Waals surface area contributed by atoms with E-state index in [4.69, 9.17) is 9.47 Å². The van der Waals surface area contributed by atoms with E-state index in [1.54, 1.807) is 43.4 Å². The fraction of sp³-hybridized carbons (Fsp3) is 0.409. The van der Waals surface area contributed by atoms with Crippen molar-refractivity contribution in [3.8, 4) is 17.2 Å². The maximum Gasteiger partial charge on any atom is 0.416 e. The second kappa shape index (κ2) is 10.3. The van der Waals surface area contributed by atoms with Crippen molar-refractivity contribution in [1.82, 2.24) is 5.01 Å². The van der Waals surface area contributed by atoms with Crippen molar-refractivity contribution in [3.05, 3.63) is 54.1 Å². The van der Waals surface area contributed by atoms with Crippen molar-refractivity contribution in [1.29, 1.82) is 0 Å². The maximum absolute atomic E-state index is 12.6. The number of nitrogens with zero attached hydrogens (tertiary/aromatic N) is 2. The molecule has 0 aromatic heterocycles. The second-order valence-electron chi connectivity index (χ2n) is 7.06. The van der Waals surface area contributed by atoms with Gasteiger partial charge in [0.1, 0.15) is 23.4 Å². The minimum atomic E-state index is -4.38. The van der Waals surface area contributed by atoms with Gasteiger partial charge >= 0.3 is 6.18 Å². The van der Waals surface area contributed by atoms with Gasteiger partial charge in [0, 0.05) is 20.5 Å². The third-order valence-corrected chi connectivity index (χ3v) is 4.27. The molecule has 2 aromatic carbocycles. The number of aliphatic hydroxyl groups is 1. The van der Waals surface area contributed by atoms with Crippen LogP contribution in [-0.2, 0) is 6.18 Å². The summed E-state index contributed by atoms with van der Waals surface area (Å²) in [7, 11) is 3.61. The first-order valence-corrected chi connectivity index (χ1v) is 9.63. The number of aliphatic hydroxyl groups excluding tert-OH is 1. The third kappa shape index (κ3) is 7.26. The number of rotatable bonds is 9. The van der Waals surface area contributed by atoms with E-state index in [0.717, 1.165) is 17.8 Å². The molecule has 2 rings (SSSR count). The lowest BCUT2D eigenvalue weighted by Crippen LogP contribution is -2.29. The van der Waals surface area contributed by atoms with Crippen LogP contribution in [0.2, 0.25) is 0 Å². The molecule has 5 nitrogen and oxygen atoms in total. The molecular formula is C22H27F3N2O3. The lowest BCUT2D eigenvalue weighted by Gasteiger charge is -2.21. The van der Waals surface area contributed by atoms with Gasteiger partial charge in [0.05, 0.1) is 17.4 Å². The molecule has 0 aliphatic carbocycles. The number of ether oxygens (including phenoxy) is 2. The molecule has 0 bridgehead atoms. The van der Waals surface area contributed by atoms with Crippen LogP contribution in [0.4, 0.5) is 13.2 Å². The highest BCUT2D eigenvalue weighted by Crippen LogP contribution is 2.31. The van der Waals surface area contributed by atoms with E-state index < -0.39 is 17.8 Å². The average molecular weight is 424 g/mol. The Kier molecular flexibility index (Phi) is 8.11. The van der Waals surface area contributed by atoms with Crippen LogP contribution < -0.4 is 9.47 Å². The molecule has 0 spiro atoms. The van der Waals surface area contributed by atoms with Gasteiger partial charge in [0.15, 0.2) is 0 Å². The summed E-state index contributed by atoms with van der Waals surface area (Å²) in [6, 6.07) is 11.3. The second-order valence-corrected chi connectivity index (χ2v) is 7.06. The normalized spacial score (nSPS) is 14.2. The summed E-state index contributed by atoms with van der Waals surface area (Å²) < 4.78 is 49.4. The van der Waals surface area contributed by atoms with Gasteiger partial charge < -0.3 is 19.6 Å². The number of alkyl halides is 3. The molecule has 0 saturated heterocycles. The van der Waals surface area contributed by atoms with E-state index in [1.807, 2.05) is 13.8 Å². The Hall–Kier alpha value is -2.74. The standard InChI is InChI=1S/C22H27F3N2O3/c1-5-17(28)14-21(26-27(3)4)15(2)29-18-10-12-20(13-11-18)30-19-8-6-16(7-9-19)22(23,24)25/h6-13,15,17,28H,5,14H2,1-4H3. The van der Waals surface area contributed by atoms with Gasteiger partial charge in [-0.05, 0) is 61.9 Å². The van der Waals surface area contributed by atoms with E-state index in [1.165, 1.54) is 12.1 Å². The van der Waals surface area contributed by atoms with Crippen molar-refractivity contribution in [3.63, 3.8) is 0 Å². The minimum absolute atomic E-state index is 0.305. The zero-order chi connectivity index (χ0) is 22.3. The van der Waals surface area contributed by atoms with Gasteiger partial charge in [-0.15, -0.1) is 0 Å². The molecule has 8 heteroatoms. The number of benzene rings is 2. The van der Waals surface area contributed by atoms with Crippen LogP contribution in [0, 0.1) is 0 Å². The highest BCUT2D eigenvalue weighted by molar-refractivity contribution is 5.89. The smallest absolute Gasteiger partial charge is 0.416 e. The number of hydrogen-bond acceptors (Lipinski definition) is 5. The molecule has 2 atom stereocenters. The van der Waals surface area contributed by atoms with Gasteiger partial charge in [0.2, 0.25) is 0 Å². The molecule has 2 aromatic rings. The van der Waals surface area contributed by atoms with Gasteiger partial charge in [-0.25, -0.2) is 0 Å². The van der Waals surface area contributed by atoms with Crippen LogP contribution in [0.1, 0.15) is 32.3 Å². The molecule has 164 valence electrons. The van der Waals surface area contributed by atoms with Crippen LogP contribution in [0.5, 0.6) is 17.2 Å². The van der Waals surface area contributed by atoms with Crippen molar-refractivity contribution in [2.24, 2.45) is 5.10 Å². The zero-order valence-corrected chi connectivity index (χ0v) is 17.5. The Balaban J connectivity index is 2.02. The summed E-state index contributed by atoms with van der Waals surface area (Å²) in [6.45, 7) is 3.76. The van der Waals surface area contributed by atoms with Crippen molar-refractivity contribution < 1.29 is 27.8 Å². The Labute approximate surface area is 174 Å². The molecule has 30 heavy (non-hydrogen) atoms. The largest absolute Gasteiger partial charge is 0.485 e. The maximum atomic E-state index is 12.6. The fourth-order valence-electron chi connectivity index (χ4n) is 2.64. The summed E-state index contributed by atoms with van der Waals surface area (Å²) >= 11 is 0. The zero-order valence-electron chi connectivity index (χ0n) is 17.5. The molecule has 0 aliphatic heterocycles. The predicted octanol–water partition coefficient (Wildman–Crippen LogP) is 5.34. The summed E-state index contributed by atoms with van der Waals surface area (Å²) in [5.74, 6) is 1.36. The van der Waals surface area contributed by atoms with E-state index in [-0.39, 0.29) is 6.10 Å². The summed E-state index contributed by atoms with van der Waals surface area (Å²) in [6.07, 6.45) is -4.19. The van der Waals surface area contributed by atoms with E-state index in [9.17, 15) is 18.3 Å². The highest BCUT2D eigenvalue weighted by atomic mass is 19.4. The van der Waals surface area contributed by atoms with Gasteiger partial charge in [-0.3, -0.25) is 0 Å². The fourth-order valence-corrected chi connectivity index (χ4v) is 2.64. The molecule has 1 N–H and O–H groups in total. The van der Waals surface area contributed by atoms with Crippen molar-refractivity contribution >= 4 is 5.71 Å². The lowest BCUT2D eigenvalue weighted by molar-refractivity contribution is -0.137. The van der Waals surface area contributed by atoms with E-state index in [0.29, 0.717) is 30.1 Å². The van der Waals surface area contributed by atoms with Gasteiger partial charge in [0.25, 0.3) is 0 Å². The molecule has 0 aliphatic rings. The lowest BCUT2D eigenvalue weighted by atomic mass is 10.1. The topological polar surface area (TPSA) is 54.3 Å². The molecular weight excluding hydrogens is 397 g/mol. The molecule has 0 radical (unpaired) electrons. The van der Waals surface area contributed by atoms with E-state index >= 15 is 0 Å².